The van der Waals surface area contributed by atoms with E-state index in [0.717, 1.165) is 18.7 Å². The number of carbonyl (C=O) groups excluding carboxylic acids is 1. The van der Waals surface area contributed by atoms with Crippen molar-refractivity contribution >= 4 is 11.8 Å². The molecular formula is C12H21N3O2. The van der Waals surface area contributed by atoms with Crippen LogP contribution in [0.25, 0.3) is 0 Å². The number of aryl methyl sites for hydroxylation is 1. The first-order chi connectivity index (χ1) is 7.88. The minimum Gasteiger partial charge on any atom is -0.464 e. The molecule has 0 fully saturated rings. The maximum absolute atomic E-state index is 11.6. The van der Waals surface area contributed by atoms with Gasteiger partial charge in [-0.05, 0) is 20.3 Å². The molecule has 0 spiro atoms. The second-order valence-electron chi connectivity index (χ2n) is 4.61. The zero-order valence-electron chi connectivity index (χ0n) is 11.2. The molecule has 17 heavy (non-hydrogen) atoms. The number of methoxy groups -OCH3 is 1. The van der Waals surface area contributed by atoms with E-state index >= 15 is 0 Å². The summed E-state index contributed by atoms with van der Waals surface area (Å²) in [6, 6.07) is 0. The van der Waals surface area contributed by atoms with E-state index in [9.17, 15) is 4.79 Å². The Morgan fingerprint density at radius 2 is 2.06 bits per heavy atom. The van der Waals surface area contributed by atoms with Gasteiger partial charge in [-0.2, -0.15) is 0 Å². The molecule has 0 aliphatic carbocycles. The van der Waals surface area contributed by atoms with Crippen LogP contribution in [0.15, 0.2) is 0 Å². The molecule has 0 saturated heterocycles. The van der Waals surface area contributed by atoms with Crippen LogP contribution in [0.2, 0.25) is 0 Å². The van der Waals surface area contributed by atoms with Crippen molar-refractivity contribution in [2.24, 2.45) is 0 Å². The number of hydrogen-bond donors (Lipinski definition) is 1. The minimum atomic E-state index is -0.483. The van der Waals surface area contributed by atoms with E-state index in [0.29, 0.717) is 5.82 Å². The predicted molar refractivity (Wildman–Crippen MR) is 67.0 cm³/mol. The third-order valence-electron chi connectivity index (χ3n) is 3.15. The van der Waals surface area contributed by atoms with E-state index in [4.69, 9.17) is 5.73 Å². The third kappa shape index (κ3) is 2.28. The normalized spacial score (nSPS) is 11.6. The number of imidazole rings is 1. The van der Waals surface area contributed by atoms with Crippen LogP contribution in [0.5, 0.6) is 0 Å². The zero-order chi connectivity index (χ0) is 13.2. The molecule has 0 aliphatic heterocycles. The average molecular weight is 239 g/mol. The first-order valence-corrected chi connectivity index (χ1v) is 5.84. The first-order valence-electron chi connectivity index (χ1n) is 5.84. The van der Waals surface area contributed by atoms with Gasteiger partial charge in [0.25, 0.3) is 0 Å². The Labute approximate surface area is 102 Å². The number of esters is 1. The highest BCUT2D eigenvalue weighted by molar-refractivity contribution is 5.92. The maximum atomic E-state index is 11.6. The summed E-state index contributed by atoms with van der Waals surface area (Å²) in [4.78, 5) is 15.8. The lowest BCUT2D eigenvalue weighted by atomic mass is 10.0. The van der Waals surface area contributed by atoms with Gasteiger partial charge < -0.3 is 15.0 Å². The van der Waals surface area contributed by atoms with E-state index in [2.05, 4.69) is 30.5 Å². The lowest BCUT2D eigenvalue weighted by Crippen LogP contribution is -2.28. The van der Waals surface area contributed by atoms with Gasteiger partial charge in [-0.25, -0.2) is 9.78 Å². The summed E-state index contributed by atoms with van der Waals surface area (Å²) in [5.41, 5.74) is 6.07. The number of anilines is 1. The van der Waals surface area contributed by atoms with Gasteiger partial charge >= 0.3 is 5.97 Å². The van der Waals surface area contributed by atoms with Crippen LogP contribution >= 0.6 is 0 Å². The molecule has 5 nitrogen and oxygen atoms in total. The predicted octanol–water partition coefficient (Wildman–Crippen LogP) is 1.96. The van der Waals surface area contributed by atoms with Gasteiger partial charge in [0.1, 0.15) is 11.6 Å². The number of nitrogen functional groups attached to an aromatic ring is 1. The van der Waals surface area contributed by atoms with Crippen LogP contribution in [0.1, 0.15) is 50.4 Å². The lowest BCUT2D eigenvalue weighted by Gasteiger charge is -2.28. The number of ether oxygens (including phenoxy) is 1. The second-order valence-corrected chi connectivity index (χ2v) is 4.61. The quantitative estimate of drug-likeness (QED) is 0.815. The number of nitrogens with two attached hydrogens (primary N) is 1. The number of aromatic nitrogens is 2. The molecular weight excluding hydrogens is 218 g/mol. The van der Waals surface area contributed by atoms with Crippen molar-refractivity contribution in [1.82, 2.24) is 9.55 Å². The summed E-state index contributed by atoms with van der Waals surface area (Å²) >= 11 is 0. The molecule has 0 bridgehead atoms. The minimum absolute atomic E-state index is 0.158. The van der Waals surface area contributed by atoms with Gasteiger partial charge in [0.05, 0.1) is 7.11 Å². The van der Waals surface area contributed by atoms with Crippen molar-refractivity contribution < 1.29 is 9.53 Å². The number of nitrogens with zero attached hydrogens (tertiary/aromatic N) is 2. The van der Waals surface area contributed by atoms with Gasteiger partial charge in [-0.15, -0.1) is 0 Å². The third-order valence-corrected chi connectivity index (χ3v) is 3.15. The summed E-state index contributed by atoms with van der Waals surface area (Å²) in [6.07, 6.45) is 1.63. The fraction of sp³-hybridized carbons (Fsp3) is 0.667. The highest BCUT2D eigenvalue weighted by Gasteiger charge is 2.28. The number of rotatable bonds is 4. The van der Waals surface area contributed by atoms with Crippen LogP contribution in [-0.4, -0.2) is 22.6 Å². The fourth-order valence-electron chi connectivity index (χ4n) is 1.80. The standard InChI is InChI=1S/C12H21N3O2/c1-6-8-14-9(11(16)17-5)10(13)15(8)12(3,4)7-2/h6-7,13H2,1-5H3. The van der Waals surface area contributed by atoms with E-state index in [1.807, 2.05) is 11.5 Å². The topological polar surface area (TPSA) is 70.1 Å². The Morgan fingerprint density at radius 1 is 1.47 bits per heavy atom. The van der Waals surface area contributed by atoms with Gasteiger partial charge in [0, 0.05) is 12.0 Å². The smallest absolute Gasteiger partial charge is 0.360 e. The number of hydrogen-bond acceptors (Lipinski definition) is 4. The Morgan fingerprint density at radius 3 is 2.47 bits per heavy atom. The van der Waals surface area contributed by atoms with Crippen molar-refractivity contribution in [1.29, 1.82) is 0 Å². The monoisotopic (exact) mass is 239 g/mol. The number of carbonyl (C=O) groups is 1. The molecule has 0 aliphatic rings. The Kier molecular flexibility index (Phi) is 3.80. The van der Waals surface area contributed by atoms with Gasteiger partial charge in [0.15, 0.2) is 5.69 Å². The summed E-state index contributed by atoms with van der Waals surface area (Å²) in [5, 5.41) is 0. The molecule has 0 aromatic carbocycles. The lowest BCUT2D eigenvalue weighted by molar-refractivity contribution is 0.0595. The maximum Gasteiger partial charge on any atom is 0.360 e. The average Bonchev–Trinajstić information content (AvgIpc) is 2.65. The van der Waals surface area contributed by atoms with Gasteiger partial charge in [0.2, 0.25) is 0 Å². The highest BCUT2D eigenvalue weighted by Crippen LogP contribution is 2.28. The van der Waals surface area contributed by atoms with E-state index in [1.54, 1.807) is 0 Å². The molecule has 1 aromatic rings. The molecule has 2 N–H and O–H groups in total. The Balaban J connectivity index is 3.39. The fourth-order valence-corrected chi connectivity index (χ4v) is 1.80. The van der Waals surface area contributed by atoms with Crippen LogP contribution in [0.3, 0.4) is 0 Å². The van der Waals surface area contributed by atoms with E-state index in [1.165, 1.54) is 7.11 Å². The molecule has 0 saturated carbocycles. The van der Waals surface area contributed by atoms with Crippen molar-refractivity contribution in [3.05, 3.63) is 11.5 Å². The van der Waals surface area contributed by atoms with Crippen molar-refractivity contribution in [3.8, 4) is 0 Å². The van der Waals surface area contributed by atoms with Gasteiger partial charge in [-0.1, -0.05) is 13.8 Å². The highest BCUT2D eigenvalue weighted by atomic mass is 16.5. The Bertz CT molecular complexity index is 422. The largest absolute Gasteiger partial charge is 0.464 e. The van der Waals surface area contributed by atoms with Crippen molar-refractivity contribution in [2.75, 3.05) is 12.8 Å². The van der Waals surface area contributed by atoms with Crippen LogP contribution in [0.4, 0.5) is 5.82 Å². The molecule has 0 amide bonds. The molecule has 0 atom stereocenters. The van der Waals surface area contributed by atoms with E-state index in [-0.39, 0.29) is 11.2 Å². The molecule has 96 valence electrons. The van der Waals surface area contributed by atoms with Crippen LogP contribution < -0.4 is 5.73 Å². The van der Waals surface area contributed by atoms with Crippen LogP contribution in [-0.2, 0) is 16.7 Å². The van der Waals surface area contributed by atoms with Gasteiger partial charge in [-0.3, -0.25) is 0 Å². The molecule has 0 unspecified atom stereocenters. The summed E-state index contributed by atoms with van der Waals surface area (Å²) in [5.74, 6) is 0.721. The summed E-state index contributed by atoms with van der Waals surface area (Å²) in [7, 11) is 1.33. The molecule has 1 aromatic heterocycles. The van der Waals surface area contributed by atoms with E-state index < -0.39 is 5.97 Å². The van der Waals surface area contributed by atoms with Crippen LogP contribution in [0, 0.1) is 0 Å². The zero-order valence-corrected chi connectivity index (χ0v) is 11.2. The molecule has 5 heteroatoms. The SMILES string of the molecule is CCc1nc(C(=O)OC)c(N)n1C(C)(C)CC. The van der Waals surface area contributed by atoms with Crippen molar-refractivity contribution in [2.45, 2.75) is 46.1 Å². The second kappa shape index (κ2) is 4.77. The van der Waals surface area contributed by atoms with Crippen molar-refractivity contribution in [3.63, 3.8) is 0 Å². The molecule has 0 radical (unpaired) electrons. The summed E-state index contributed by atoms with van der Waals surface area (Å²) in [6.45, 7) is 8.22. The first kappa shape index (κ1) is 13.5. The molecule has 1 rings (SSSR count). The summed E-state index contributed by atoms with van der Waals surface area (Å²) < 4.78 is 6.61. The Hall–Kier alpha value is -1.52. The molecule has 1 heterocycles.